The number of rotatable bonds is 3. The van der Waals surface area contributed by atoms with Gasteiger partial charge in [-0.3, -0.25) is 0 Å². The van der Waals surface area contributed by atoms with E-state index in [2.05, 4.69) is 57.3 Å². The molecule has 1 saturated heterocycles. The van der Waals surface area contributed by atoms with Gasteiger partial charge in [0.15, 0.2) is 0 Å². The van der Waals surface area contributed by atoms with Gasteiger partial charge in [-0.2, -0.15) is 11.8 Å². The zero-order chi connectivity index (χ0) is 10.5. The van der Waals surface area contributed by atoms with Gasteiger partial charge in [0.1, 0.15) is 0 Å². The van der Waals surface area contributed by atoms with Crippen LogP contribution in [0.2, 0.25) is 0 Å². The molecule has 0 amide bonds. The number of thioether (sulfide) groups is 1. The molecule has 0 saturated carbocycles. The van der Waals surface area contributed by atoms with E-state index in [1.807, 2.05) is 0 Å². The van der Waals surface area contributed by atoms with Gasteiger partial charge in [-0.05, 0) is 42.0 Å². The average molecular weight is 286 g/mol. The molecule has 0 aromatic heterocycles. The van der Waals surface area contributed by atoms with Crippen molar-refractivity contribution >= 4 is 27.7 Å². The van der Waals surface area contributed by atoms with E-state index in [-0.39, 0.29) is 0 Å². The molecule has 1 aliphatic rings. The van der Waals surface area contributed by atoms with E-state index in [0.717, 1.165) is 17.1 Å². The quantitative estimate of drug-likeness (QED) is 0.913. The fourth-order valence-corrected chi connectivity index (χ4v) is 3.14. The van der Waals surface area contributed by atoms with Crippen molar-refractivity contribution in [1.29, 1.82) is 0 Å². The Morgan fingerprint density at radius 2 is 1.87 bits per heavy atom. The molecule has 0 spiro atoms. The van der Waals surface area contributed by atoms with Crippen molar-refractivity contribution in [1.82, 2.24) is 5.32 Å². The van der Waals surface area contributed by atoms with Crippen LogP contribution < -0.4 is 5.32 Å². The third-order valence-electron chi connectivity index (χ3n) is 2.73. The third kappa shape index (κ3) is 3.82. The molecule has 82 valence electrons. The van der Waals surface area contributed by atoms with Crippen LogP contribution in [0.4, 0.5) is 0 Å². The molecule has 1 aromatic rings. The Hall–Kier alpha value is 0.01000. The van der Waals surface area contributed by atoms with E-state index < -0.39 is 0 Å². The number of nitrogens with one attached hydrogen (secondary N) is 1. The second kappa shape index (κ2) is 5.92. The highest BCUT2D eigenvalue weighted by molar-refractivity contribution is 9.10. The van der Waals surface area contributed by atoms with Crippen molar-refractivity contribution in [3.05, 3.63) is 34.3 Å². The fourth-order valence-electron chi connectivity index (χ4n) is 1.77. The van der Waals surface area contributed by atoms with Crippen LogP contribution in [0.15, 0.2) is 28.7 Å². The van der Waals surface area contributed by atoms with Crippen molar-refractivity contribution in [3.63, 3.8) is 0 Å². The molecule has 1 heterocycles. The molecule has 3 heteroatoms. The molecular formula is C12H16BrNS. The standard InChI is InChI=1S/C12H16BrNS/c13-11-3-1-10(2-4-11)9-14-12-5-7-15-8-6-12/h1-4,12,14H,5-9H2. The maximum atomic E-state index is 3.63. The molecule has 0 bridgehead atoms. The molecule has 1 aliphatic heterocycles. The summed E-state index contributed by atoms with van der Waals surface area (Å²) in [6.45, 7) is 1.00. The normalized spacial score (nSPS) is 17.9. The van der Waals surface area contributed by atoms with Crippen LogP contribution >= 0.6 is 27.7 Å². The van der Waals surface area contributed by atoms with E-state index in [0.29, 0.717) is 0 Å². The number of halogens is 1. The number of hydrogen-bond donors (Lipinski definition) is 1. The van der Waals surface area contributed by atoms with Crippen molar-refractivity contribution in [2.45, 2.75) is 25.4 Å². The Labute approximate surface area is 104 Å². The summed E-state index contributed by atoms with van der Waals surface area (Å²) in [5, 5.41) is 3.63. The molecule has 0 aliphatic carbocycles. The van der Waals surface area contributed by atoms with Gasteiger partial charge in [0.25, 0.3) is 0 Å². The Kier molecular flexibility index (Phi) is 4.54. The topological polar surface area (TPSA) is 12.0 Å². The minimum atomic E-state index is 0.731. The maximum Gasteiger partial charge on any atom is 0.0208 e. The van der Waals surface area contributed by atoms with E-state index >= 15 is 0 Å². The van der Waals surface area contributed by atoms with E-state index in [1.54, 1.807) is 0 Å². The highest BCUT2D eigenvalue weighted by Gasteiger charge is 2.12. The van der Waals surface area contributed by atoms with Crippen LogP contribution in [0, 0.1) is 0 Å². The van der Waals surface area contributed by atoms with Crippen molar-refractivity contribution < 1.29 is 0 Å². The zero-order valence-corrected chi connectivity index (χ0v) is 11.1. The second-order valence-corrected chi connectivity index (χ2v) is 6.03. The molecule has 15 heavy (non-hydrogen) atoms. The SMILES string of the molecule is Brc1ccc(CNC2CCSCC2)cc1. The lowest BCUT2D eigenvalue weighted by Crippen LogP contribution is -2.31. The summed E-state index contributed by atoms with van der Waals surface area (Å²) in [6, 6.07) is 9.29. The highest BCUT2D eigenvalue weighted by Crippen LogP contribution is 2.17. The Bertz CT molecular complexity index is 293. The zero-order valence-electron chi connectivity index (χ0n) is 8.71. The monoisotopic (exact) mass is 285 g/mol. The summed E-state index contributed by atoms with van der Waals surface area (Å²) >= 11 is 5.53. The van der Waals surface area contributed by atoms with Gasteiger partial charge in [-0.15, -0.1) is 0 Å². The van der Waals surface area contributed by atoms with Crippen LogP contribution in [0.5, 0.6) is 0 Å². The predicted octanol–water partition coefficient (Wildman–Crippen LogP) is 3.43. The van der Waals surface area contributed by atoms with Crippen LogP contribution in [0.3, 0.4) is 0 Å². The maximum absolute atomic E-state index is 3.63. The van der Waals surface area contributed by atoms with Gasteiger partial charge in [0.2, 0.25) is 0 Å². The van der Waals surface area contributed by atoms with Gasteiger partial charge in [-0.1, -0.05) is 28.1 Å². The molecule has 0 unspecified atom stereocenters. The molecule has 1 aromatic carbocycles. The summed E-state index contributed by atoms with van der Waals surface area (Å²) in [7, 11) is 0. The Balaban J connectivity index is 1.79. The van der Waals surface area contributed by atoms with Crippen LogP contribution in [0.25, 0.3) is 0 Å². The Morgan fingerprint density at radius 1 is 1.20 bits per heavy atom. The van der Waals surface area contributed by atoms with Gasteiger partial charge >= 0.3 is 0 Å². The van der Waals surface area contributed by atoms with Gasteiger partial charge in [-0.25, -0.2) is 0 Å². The first-order valence-electron chi connectivity index (χ1n) is 5.40. The van der Waals surface area contributed by atoms with Crippen LogP contribution in [-0.4, -0.2) is 17.5 Å². The van der Waals surface area contributed by atoms with Crippen molar-refractivity contribution in [3.8, 4) is 0 Å². The second-order valence-electron chi connectivity index (χ2n) is 3.89. The molecule has 0 atom stereocenters. The predicted molar refractivity (Wildman–Crippen MR) is 71.3 cm³/mol. The van der Waals surface area contributed by atoms with E-state index in [1.165, 1.54) is 29.9 Å². The van der Waals surface area contributed by atoms with Crippen molar-refractivity contribution in [2.75, 3.05) is 11.5 Å². The van der Waals surface area contributed by atoms with Crippen LogP contribution in [0.1, 0.15) is 18.4 Å². The number of benzene rings is 1. The molecule has 0 radical (unpaired) electrons. The molecule has 1 fully saturated rings. The summed E-state index contributed by atoms with van der Waals surface area (Å²) in [5.74, 6) is 2.63. The lowest BCUT2D eigenvalue weighted by Gasteiger charge is -2.22. The van der Waals surface area contributed by atoms with Gasteiger partial charge in [0.05, 0.1) is 0 Å². The van der Waals surface area contributed by atoms with Crippen molar-refractivity contribution in [2.24, 2.45) is 0 Å². The summed E-state index contributed by atoms with van der Waals surface area (Å²) < 4.78 is 1.15. The highest BCUT2D eigenvalue weighted by atomic mass is 79.9. The first-order valence-corrected chi connectivity index (χ1v) is 7.35. The van der Waals surface area contributed by atoms with Crippen LogP contribution in [-0.2, 0) is 6.54 Å². The molecule has 1 N–H and O–H groups in total. The first-order chi connectivity index (χ1) is 7.34. The smallest absolute Gasteiger partial charge is 0.0208 e. The fraction of sp³-hybridized carbons (Fsp3) is 0.500. The molecular weight excluding hydrogens is 270 g/mol. The molecule has 2 rings (SSSR count). The summed E-state index contributed by atoms with van der Waals surface area (Å²) in [5.41, 5.74) is 1.37. The number of hydrogen-bond acceptors (Lipinski definition) is 2. The van der Waals surface area contributed by atoms with Gasteiger partial charge < -0.3 is 5.32 Å². The molecule has 1 nitrogen and oxygen atoms in total. The minimum absolute atomic E-state index is 0.731. The largest absolute Gasteiger partial charge is 0.310 e. The van der Waals surface area contributed by atoms with E-state index in [9.17, 15) is 0 Å². The summed E-state index contributed by atoms with van der Waals surface area (Å²) in [4.78, 5) is 0. The Morgan fingerprint density at radius 3 is 2.53 bits per heavy atom. The lowest BCUT2D eigenvalue weighted by molar-refractivity contribution is 0.482. The summed E-state index contributed by atoms with van der Waals surface area (Å²) in [6.07, 6.45) is 2.64. The lowest BCUT2D eigenvalue weighted by atomic mass is 10.1. The third-order valence-corrected chi connectivity index (χ3v) is 4.31. The first kappa shape index (κ1) is 11.5. The minimum Gasteiger partial charge on any atom is -0.310 e. The average Bonchev–Trinajstić information content (AvgIpc) is 2.30. The van der Waals surface area contributed by atoms with E-state index in [4.69, 9.17) is 0 Å². The van der Waals surface area contributed by atoms with Gasteiger partial charge in [0, 0.05) is 17.1 Å².